The van der Waals surface area contributed by atoms with E-state index in [4.69, 9.17) is 4.42 Å². The molecule has 1 heterocycles. The summed E-state index contributed by atoms with van der Waals surface area (Å²) in [5.41, 5.74) is -0.0735. The van der Waals surface area contributed by atoms with Crippen molar-refractivity contribution in [2.24, 2.45) is 4.99 Å². The van der Waals surface area contributed by atoms with Crippen LogP contribution in [0.15, 0.2) is 15.6 Å². The maximum absolute atomic E-state index is 11.5. The number of hydrogen-bond donors (Lipinski definition) is 2. The Bertz CT molecular complexity index is 662. The molecule has 1 aromatic rings. The van der Waals surface area contributed by atoms with E-state index < -0.39 is 10.0 Å². The van der Waals surface area contributed by atoms with Gasteiger partial charge in [0.25, 0.3) is 0 Å². The van der Waals surface area contributed by atoms with Crippen LogP contribution in [-0.4, -0.2) is 56.6 Å². The first-order chi connectivity index (χ1) is 11.6. The third-order valence-electron chi connectivity index (χ3n) is 3.62. The molecule has 0 aliphatic rings. The van der Waals surface area contributed by atoms with Crippen LogP contribution in [0.4, 0.5) is 0 Å². The van der Waals surface area contributed by atoms with Gasteiger partial charge in [0.1, 0.15) is 5.76 Å². The molecule has 8 nitrogen and oxygen atoms in total. The lowest BCUT2D eigenvalue weighted by atomic mass is 9.94. The summed E-state index contributed by atoms with van der Waals surface area (Å²) in [7, 11) is -1.46. The summed E-state index contributed by atoms with van der Waals surface area (Å²) in [4.78, 5) is 8.40. The van der Waals surface area contributed by atoms with Crippen LogP contribution in [0.3, 0.4) is 0 Å². The Labute approximate surface area is 151 Å². The lowest BCUT2D eigenvalue weighted by molar-refractivity contribution is 0.379. The number of aromatic nitrogens is 1. The number of nitrogens with one attached hydrogen (secondary N) is 2. The molecule has 0 saturated carbocycles. The van der Waals surface area contributed by atoms with Crippen molar-refractivity contribution in [3.63, 3.8) is 0 Å². The highest BCUT2D eigenvalue weighted by atomic mass is 32.2. The fourth-order valence-electron chi connectivity index (χ4n) is 2.14. The van der Waals surface area contributed by atoms with E-state index in [0.717, 1.165) is 5.76 Å². The Morgan fingerprint density at radius 1 is 1.36 bits per heavy atom. The molecule has 0 aromatic carbocycles. The molecule has 144 valence electrons. The quantitative estimate of drug-likeness (QED) is 0.405. The highest BCUT2D eigenvalue weighted by Gasteiger charge is 2.19. The van der Waals surface area contributed by atoms with Crippen molar-refractivity contribution in [2.45, 2.75) is 46.1 Å². The number of guanidine groups is 1. The predicted octanol–water partition coefficient (Wildman–Crippen LogP) is 1.31. The fourth-order valence-corrected chi connectivity index (χ4v) is 3.07. The van der Waals surface area contributed by atoms with Crippen molar-refractivity contribution in [2.75, 3.05) is 32.9 Å². The fraction of sp³-hybridized carbons (Fsp3) is 0.750. The minimum atomic E-state index is -3.14. The lowest BCUT2D eigenvalue weighted by Crippen LogP contribution is -2.39. The molecule has 2 N–H and O–H groups in total. The monoisotopic (exact) mass is 373 g/mol. The molecule has 0 fully saturated rings. The highest BCUT2D eigenvalue weighted by Crippen LogP contribution is 2.22. The zero-order valence-corrected chi connectivity index (χ0v) is 16.9. The number of rotatable bonds is 8. The van der Waals surface area contributed by atoms with E-state index in [9.17, 15) is 8.42 Å². The summed E-state index contributed by atoms with van der Waals surface area (Å²) in [6.07, 6.45) is 3.67. The molecule has 0 atom stereocenters. The van der Waals surface area contributed by atoms with Crippen molar-refractivity contribution < 1.29 is 12.8 Å². The molecular weight excluding hydrogens is 342 g/mol. The summed E-state index contributed by atoms with van der Waals surface area (Å²) in [6, 6.07) is 0. The van der Waals surface area contributed by atoms with Crippen LogP contribution in [0, 0.1) is 0 Å². The first-order valence-electron chi connectivity index (χ1n) is 8.42. The number of aliphatic imine (C=N–C) groups is 1. The first-order valence-corrected chi connectivity index (χ1v) is 10.3. The summed E-state index contributed by atoms with van der Waals surface area (Å²) in [5.74, 6) is 2.06. The number of sulfonamides is 1. The van der Waals surface area contributed by atoms with Crippen LogP contribution in [-0.2, 0) is 22.0 Å². The van der Waals surface area contributed by atoms with Gasteiger partial charge >= 0.3 is 0 Å². The highest BCUT2D eigenvalue weighted by molar-refractivity contribution is 7.88. The summed E-state index contributed by atoms with van der Waals surface area (Å²) >= 11 is 0. The van der Waals surface area contributed by atoms with E-state index in [1.54, 1.807) is 13.2 Å². The van der Waals surface area contributed by atoms with Crippen molar-refractivity contribution in [3.8, 4) is 0 Å². The predicted molar refractivity (Wildman–Crippen MR) is 100 cm³/mol. The molecule has 0 aliphatic heterocycles. The van der Waals surface area contributed by atoms with E-state index in [2.05, 4.69) is 41.4 Å². The number of hydrogen-bond acceptors (Lipinski definition) is 5. The van der Waals surface area contributed by atoms with Crippen molar-refractivity contribution in [3.05, 3.63) is 17.8 Å². The van der Waals surface area contributed by atoms with Crippen LogP contribution < -0.4 is 10.6 Å². The van der Waals surface area contributed by atoms with E-state index in [-0.39, 0.29) is 5.41 Å². The van der Waals surface area contributed by atoms with Gasteiger partial charge in [-0.15, -0.1) is 0 Å². The van der Waals surface area contributed by atoms with E-state index >= 15 is 0 Å². The van der Waals surface area contributed by atoms with Gasteiger partial charge in [-0.25, -0.2) is 17.7 Å². The second kappa shape index (κ2) is 9.19. The molecule has 0 saturated heterocycles. The van der Waals surface area contributed by atoms with Gasteiger partial charge in [0.2, 0.25) is 15.9 Å². The molecule has 0 aliphatic carbocycles. The first kappa shape index (κ1) is 21.4. The third kappa shape index (κ3) is 7.43. The van der Waals surface area contributed by atoms with Gasteiger partial charge in [-0.05, 0) is 6.42 Å². The Hall–Kier alpha value is -1.61. The molecule has 0 unspecified atom stereocenters. The zero-order chi connectivity index (χ0) is 19.1. The van der Waals surface area contributed by atoms with E-state index in [1.807, 2.05) is 6.92 Å². The third-order valence-corrected chi connectivity index (χ3v) is 5.00. The van der Waals surface area contributed by atoms with Crippen LogP contribution in [0.25, 0.3) is 0 Å². The molecular formula is C16H31N5O3S. The Morgan fingerprint density at radius 3 is 2.52 bits per heavy atom. The molecule has 9 heteroatoms. The molecule has 0 spiro atoms. The average molecular weight is 374 g/mol. The second-order valence-electron chi connectivity index (χ2n) is 6.83. The van der Waals surface area contributed by atoms with Gasteiger partial charge in [0, 0.05) is 32.1 Å². The van der Waals surface area contributed by atoms with E-state index in [1.165, 1.54) is 10.6 Å². The summed E-state index contributed by atoms with van der Waals surface area (Å²) < 4.78 is 30.2. The standard InChI is InChI=1S/C16H31N5O3S/c1-7-21(25(6,22)23)10-8-9-18-15(17-5)20-12-14-19-11-13(24-14)16(2,3)4/h11H,7-10,12H2,1-6H3,(H2,17,18,20). The van der Waals surface area contributed by atoms with Gasteiger partial charge in [-0.1, -0.05) is 27.7 Å². The Morgan fingerprint density at radius 2 is 2.04 bits per heavy atom. The number of nitrogens with zero attached hydrogens (tertiary/aromatic N) is 3. The topological polar surface area (TPSA) is 99.8 Å². The Kier molecular flexibility index (Phi) is 7.88. The van der Waals surface area contributed by atoms with Gasteiger partial charge in [-0.2, -0.15) is 0 Å². The molecule has 0 amide bonds. The van der Waals surface area contributed by atoms with Gasteiger partial charge in [-0.3, -0.25) is 4.99 Å². The van der Waals surface area contributed by atoms with E-state index in [0.29, 0.717) is 44.5 Å². The van der Waals surface area contributed by atoms with Crippen LogP contribution in [0.5, 0.6) is 0 Å². The van der Waals surface area contributed by atoms with Crippen LogP contribution in [0.1, 0.15) is 45.8 Å². The summed E-state index contributed by atoms with van der Waals surface area (Å²) in [6.45, 7) is 10.0. The lowest BCUT2D eigenvalue weighted by Gasteiger charge is -2.18. The van der Waals surface area contributed by atoms with Crippen LogP contribution >= 0.6 is 0 Å². The van der Waals surface area contributed by atoms with Crippen molar-refractivity contribution in [1.82, 2.24) is 19.9 Å². The minimum Gasteiger partial charge on any atom is -0.443 e. The van der Waals surface area contributed by atoms with Crippen molar-refractivity contribution >= 4 is 16.0 Å². The smallest absolute Gasteiger partial charge is 0.213 e. The average Bonchev–Trinajstić information content (AvgIpc) is 2.98. The summed E-state index contributed by atoms with van der Waals surface area (Å²) in [5, 5.41) is 6.29. The van der Waals surface area contributed by atoms with Crippen molar-refractivity contribution in [1.29, 1.82) is 0 Å². The molecule has 1 rings (SSSR count). The molecule has 1 aromatic heterocycles. The maximum Gasteiger partial charge on any atom is 0.213 e. The zero-order valence-electron chi connectivity index (χ0n) is 16.1. The minimum absolute atomic E-state index is 0.0735. The van der Waals surface area contributed by atoms with Crippen LogP contribution in [0.2, 0.25) is 0 Å². The number of oxazole rings is 1. The Balaban J connectivity index is 2.39. The van der Waals surface area contributed by atoms with Gasteiger partial charge in [0.05, 0.1) is 19.0 Å². The molecule has 0 bridgehead atoms. The second-order valence-corrected chi connectivity index (χ2v) is 8.81. The SMILES string of the molecule is CCN(CCCNC(=NC)NCc1ncc(C(C)(C)C)o1)S(C)(=O)=O. The van der Waals surface area contributed by atoms with Gasteiger partial charge in [0.15, 0.2) is 5.96 Å². The molecule has 25 heavy (non-hydrogen) atoms. The molecule has 0 radical (unpaired) electrons. The largest absolute Gasteiger partial charge is 0.443 e. The van der Waals surface area contributed by atoms with Gasteiger partial charge < -0.3 is 15.1 Å². The normalized spacial score (nSPS) is 13.3. The maximum atomic E-state index is 11.5.